The summed E-state index contributed by atoms with van der Waals surface area (Å²) in [5.41, 5.74) is 2.48. The SMILES string of the molecule is c1ccc(N2C(c3ncccn3)=C(c3cccnn3)C(c3cnccn3)=NN2c2nnco2)nc1. The number of rotatable bonds is 5. The number of anilines is 2. The minimum Gasteiger partial charge on any atom is -0.408 e. The Morgan fingerprint density at radius 2 is 1.63 bits per heavy atom. The smallest absolute Gasteiger partial charge is 0.360 e. The zero-order valence-electron chi connectivity index (χ0n) is 17.9. The zero-order valence-corrected chi connectivity index (χ0v) is 17.9. The Hall–Kier alpha value is -5.46. The summed E-state index contributed by atoms with van der Waals surface area (Å²) in [6, 6.07) is 10.9. The third-order valence-corrected chi connectivity index (χ3v) is 4.87. The molecule has 0 radical (unpaired) electrons. The van der Waals surface area contributed by atoms with Crippen molar-refractivity contribution in [2.75, 3.05) is 10.1 Å². The van der Waals surface area contributed by atoms with Crippen LogP contribution in [0.25, 0.3) is 11.3 Å². The van der Waals surface area contributed by atoms with Gasteiger partial charge in [0.15, 0.2) is 11.6 Å². The van der Waals surface area contributed by atoms with E-state index >= 15 is 0 Å². The minimum absolute atomic E-state index is 0.0867. The maximum absolute atomic E-state index is 5.53. The fourth-order valence-electron chi connectivity index (χ4n) is 3.48. The Balaban J connectivity index is 1.72. The van der Waals surface area contributed by atoms with Gasteiger partial charge in [0, 0.05) is 37.2 Å². The monoisotopic (exact) mass is 462 g/mol. The topological polar surface area (TPSA) is 148 Å². The van der Waals surface area contributed by atoms with Crippen LogP contribution in [0.1, 0.15) is 17.2 Å². The average Bonchev–Trinajstić information content (AvgIpc) is 3.49. The number of allylic oxidation sites excluding steroid dienone is 1. The molecule has 6 rings (SSSR count). The summed E-state index contributed by atoms with van der Waals surface area (Å²) in [5, 5.41) is 24.3. The van der Waals surface area contributed by atoms with Gasteiger partial charge in [-0.1, -0.05) is 11.2 Å². The van der Waals surface area contributed by atoms with Gasteiger partial charge in [0.2, 0.25) is 6.39 Å². The van der Waals surface area contributed by atoms with Crippen LogP contribution >= 0.6 is 0 Å². The van der Waals surface area contributed by atoms with Gasteiger partial charge >= 0.3 is 6.01 Å². The molecule has 0 atom stereocenters. The molecule has 0 unspecified atom stereocenters. The molecule has 0 amide bonds. The summed E-state index contributed by atoms with van der Waals surface area (Å²) in [6.45, 7) is 0. The molecule has 35 heavy (non-hydrogen) atoms. The normalized spacial score (nSPS) is 13.7. The van der Waals surface area contributed by atoms with Crippen LogP contribution in [0.3, 0.4) is 0 Å². The second-order valence-corrected chi connectivity index (χ2v) is 6.95. The van der Waals surface area contributed by atoms with Gasteiger partial charge in [-0.25, -0.2) is 20.0 Å². The lowest BCUT2D eigenvalue weighted by Gasteiger charge is -2.36. The van der Waals surface area contributed by atoms with E-state index in [2.05, 4.69) is 45.3 Å². The first-order chi connectivity index (χ1) is 17.4. The number of hydrogen-bond acceptors (Lipinski definition) is 13. The van der Waals surface area contributed by atoms with Crippen LogP contribution in [-0.2, 0) is 0 Å². The van der Waals surface area contributed by atoms with Crippen LogP contribution in [0.2, 0.25) is 0 Å². The van der Waals surface area contributed by atoms with Crippen LogP contribution in [0.5, 0.6) is 0 Å². The van der Waals surface area contributed by atoms with E-state index < -0.39 is 0 Å². The molecule has 13 nitrogen and oxygen atoms in total. The molecule has 0 N–H and O–H groups in total. The Kier molecular flexibility index (Phi) is 5.08. The van der Waals surface area contributed by atoms with Gasteiger partial charge in [-0.05, 0) is 30.3 Å². The Labute approximate surface area is 197 Å². The molecule has 1 aliphatic rings. The van der Waals surface area contributed by atoms with Gasteiger partial charge < -0.3 is 4.42 Å². The predicted molar refractivity (Wildman–Crippen MR) is 123 cm³/mol. The molecule has 6 heterocycles. The van der Waals surface area contributed by atoms with Crippen molar-refractivity contribution in [1.82, 2.24) is 45.3 Å². The predicted octanol–water partition coefficient (Wildman–Crippen LogP) is 2.05. The standard InChI is InChI=1S/C22H14N12O/c1-2-7-25-17(6-1)33-20(21-26-8-4-9-27-21)18(15-5-3-10-28-30-15)19(16-13-23-11-12-24-16)32-34(33)22-31-29-14-35-22/h1-14H. The van der Waals surface area contributed by atoms with Gasteiger partial charge in [0.05, 0.1) is 17.5 Å². The van der Waals surface area contributed by atoms with Crippen molar-refractivity contribution in [2.45, 2.75) is 0 Å². The van der Waals surface area contributed by atoms with Crippen molar-refractivity contribution in [3.05, 3.63) is 103 Å². The van der Waals surface area contributed by atoms with E-state index in [1.54, 1.807) is 60.5 Å². The Morgan fingerprint density at radius 1 is 0.714 bits per heavy atom. The molecule has 168 valence electrons. The summed E-state index contributed by atoms with van der Waals surface area (Å²) in [7, 11) is 0. The third kappa shape index (κ3) is 3.72. The first-order valence-electron chi connectivity index (χ1n) is 10.3. The highest BCUT2D eigenvalue weighted by Crippen LogP contribution is 2.38. The zero-order chi connectivity index (χ0) is 23.5. The van der Waals surface area contributed by atoms with Gasteiger partial charge in [0.1, 0.15) is 17.1 Å². The van der Waals surface area contributed by atoms with Crippen molar-refractivity contribution in [1.29, 1.82) is 0 Å². The molecule has 0 saturated heterocycles. The van der Waals surface area contributed by atoms with Crippen molar-refractivity contribution >= 4 is 28.8 Å². The fourth-order valence-corrected chi connectivity index (χ4v) is 3.48. The molecule has 0 fully saturated rings. The van der Waals surface area contributed by atoms with E-state index in [-0.39, 0.29) is 6.01 Å². The maximum atomic E-state index is 5.53. The molecule has 5 aromatic heterocycles. The van der Waals surface area contributed by atoms with Crippen LogP contribution < -0.4 is 10.1 Å². The molecule has 0 aromatic carbocycles. The van der Waals surface area contributed by atoms with Crippen molar-refractivity contribution in [3.8, 4) is 0 Å². The molecule has 1 aliphatic heterocycles. The summed E-state index contributed by atoms with van der Waals surface area (Å²) < 4.78 is 5.53. The number of hydrazine groups is 1. The van der Waals surface area contributed by atoms with E-state index in [1.807, 2.05) is 24.3 Å². The molecule has 0 saturated carbocycles. The second kappa shape index (κ2) is 8.82. The molecule has 13 heteroatoms. The lowest BCUT2D eigenvalue weighted by Crippen LogP contribution is -2.44. The number of hydrogen-bond donors (Lipinski definition) is 0. The summed E-state index contributed by atoms with van der Waals surface area (Å²) in [4.78, 5) is 22.3. The number of hydrazone groups is 1. The fraction of sp³-hybridized carbons (Fsp3) is 0. The van der Waals surface area contributed by atoms with Crippen molar-refractivity contribution in [2.24, 2.45) is 5.10 Å². The van der Waals surface area contributed by atoms with Crippen LogP contribution in [0.15, 0.2) is 95.7 Å². The number of pyridine rings is 1. The van der Waals surface area contributed by atoms with Crippen molar-refractivity contribution < 1.29 is 4.42 Å². The minimum atomic E-state index is 0.0867. The van der Waals surface area contributed by atoms with Crippen LogP contribution in [-0.4, -0.2) is 51.0 Å². The molecular formula is C22H14N12O. The first-order valence-corrected chi connectivity index (χ1v) is 10.3. The Morgan fingerprint density at radius 3 is 2.34 bits per heavy atom. The lowest BCUT2D eigenvalue weighted by molar-refractivity contribution is 0.534. The lowest BCUT2D eigenvalue weighted by atomic mass is 9.99. The van der Waals surface area contributed by atoms with Gasteiger partial charge in [-0.3, -0.25) is 9.97 Å². The van der Waals surface area contributed by atoms with E-state index in [9.17, 15) is 0 Å². The molecule has 0 aliphatic carbocycles. The quantitative estimate of drug-likeness (QED) is 0.376. The molecule has 0 bridgehead atoms. The molecular weight excluding hydrogens is 448 g/mol. The highest BCUT2D eigenvalue weighted by Gasteiger charge is 2.38. The summed E-state index contributed by atoms with van der Waals surface area (Å²) in [6.07, 6.45) is 12.5. The molecule has 0 spiro atoms. The molecule has 5 aromatic rings. The van der Waals surface area contributed by atoms with E-state index in [1.165, 1.54) is 11.5 Å². The van der Waals surface area contributed by atoms with Gasteiger partial charge in [0.25, 0.3) is 0 Å². The van der Waals surface area contributed by atoms with Crippen LogP contribution in [0.4, 0.5) is 11.8 Å². The van der Waals surface area contributed by atoms with Crippen LogP contribution in [0, 0.1) is 0 Å². The summed E-state index contributed by atoms with van der Waals surface area (Å²) >= 11 is 0. The average molecular weight is 462 g/mol. The highest BCUT2D eigenvalue weighted by molar-refractivity contribution is 6.37. The number of nitrogens with zero attached hydrogens (tertiary/aromatic N) is 12. The maximum Gasteiger partial charge on any atom is 0.360 e. The van der Waals surface area contributed by atoms with E-state index in [0.717, 1.165) is 0 Å². The van der Waals surface area contributed by atoms with Gasteiger partial charge in [-0.15, -0.1) is 15.3 Å². The summed E-state index contributed by atoms with van der Waals surface area (Å²) in [5.74, 6) is 0.871. The number of aromatic nitrogens is 9. The highest BCUT2D eigenvalue weighted by atomic mass is 16.4. The second-order valence-electron chi connectivity index (χ2n) is 6.95. The van der Waals surface area contributed by atoms with Gasteiger partial charge in [-0.2, -0.15) is 10.2 Å². The largest absolute Gasteiger partial charge is 0.408 e. The first kappa shape index (κ1) is 20.2. The Bertz CT molecular complexity index is 1480. The van der Waals surface area contributed by atoms with E-state index in [0.29, 0.717) is 40.0 Å². The third-order valence-electron chi connectivity index (χ3n) is 4.87. The van der Waals surface area contributed by atoms with E-state index in [4.69, 9.17) is 9.52 Å². The van der Waals surface area contributed by atoms with Crippen molar-refractivity contribution in [3.63, 3.8) is 0 Å².